The highest BCUT2D eigenvalue weighted by Gasteiger charge is 2.14. The SMILES string of the molecule is CCC(CCN)CCCN1CCCOC(C)C1. The average molecular weight is 242 g/mol. The van der Waals surface area contributed by atoms with E-state index < -0.39 is 0 Å². The standard InChI is InChI=1S/C14H30N2O/c1-3-14(7-8-15)6-4-9-16-10-5-11-17-13(2)12-16/h13-14H,3-12,15H2,1-2H3. The highest BCUT2D eigenvalue weighted by molar-refractivity contribution is 4.68. The van der Waals surface area contributed by atoms with Gasteiger partial charge in [-0.2, -0.15) is 0 Å². The molecule has 0 aromatic heterocycles. The zero-order valence-corrected chi connectivity index (χ0v) is 11.7. The third-order valence-corrected chi connectivity index (χ3v) is 3.78. The van der Waals surface area contributed by atoms with Gasteiger partial charge in [0.2, 0.25) is 0 Å². The Morgan fingerprint density at radius 1 is 1.41 bits per heavy atom. The number of hydrogen-bond acceptors (Lipinski definition) is 3. The third-order valence-electron chi connectivity index (χ3n) is 3.78. The summed E-state index contributed by atoms with van der Waals surface area (Å²) in [6.45, 7) is 9.78. The van der Waals surface area contributed by atoms with E-state index in [0.717, 1.165) is 25.6 Å². The predicted octanol–water partition coefficient (Wildman–Crippen LogP) is 2.25. The Labute approximate surface area is 107 Å². The Kier molecular flexibility index (Phi) is 7.82. The maximum absolute atomic E-state index is 5.66. The van der Waals surface area contributed by atoms with Gasteiger partial charge in [0.25, 0.3) is 0 Å². The summed E-state index contributed by atoms with van der Waals surface area (Å²) in [6, 6.07) is 0. The third kappa shape index (κ3) is 6.39. The smallest absolute Gasteiger partial charge is 0.0673 e. The lowest BCUT2D eigenvalue weighted by Gasteiger charge is -2.22. The first-order chi connectivity index (χ1) is 8.26. The van der Waals surface area contributed by atoms with Crippen molar-refractivity contribution >= 4 is 0 Å². The summed E-state index contributed by atoms with van der Waals surface area (Å²) in [5.41, 5.74) is 5.63. The van der Waals surface area contributed by atoms with Crippen LogP contribution in [0.15, 0.2) is 0 Å². The summed E-state index contributed by atoms with van der Waals surface area (Å²) in [4.78, 5) is 2.56. The van der Waals surface area contributed by atoms with E-state index >= 15 is 0 Å². The second-order valence-corrected chi connectivity index (χ2v) is 5.33. The average Bonchev–Trinajstić information content (AvgIpc) is 2.52. The fourth-order valence-electron chi connectivity index (χ4n) is 2.68. The van der Waals surface area contributed by atoms with Crippen LogP contribution in [0.2, 0.25) is 0 Å². The van der Waals surface area contributed by atoms with Gasteiger partial charge in [-0.1, -0.05) is 13.3 Å². The first-order valence-corrected chi connectivity index (χ1v) is 7.30. The summed E-state index contributed by atoms with van der Waals surface area (Å²) < 4.78 is 5.66. The van der Waals surface area contributed by atoms with E-state index in [4.69, 9.17) is 10.5 Å². The molecule has 0 aliphatic carbocycles. The van der Waals surface area contributed by atoms with Gasteiger partial charge in [0.05, 0.1) is 6.10 Å². The van der Waals surface area contributed by atoms with E-state index in [9.17, 15) is 0 Å². The fourth-order valence-corrected chi connectivity index (χ4v) is 2.68. The van der Waals surface area contributed by atoms with Crippen molar-refractivity contribution in [2.24, 2.45) is 11.7 Å². The van der Waals surface area contributed by atoms with E-state index in [-0.39, 0.29) is 0 Å². The molecule has 0 spiro atoms. The minimum atomic E-state index is 0.406. The summed E-state index contributed by atoms with van der Waals surface area (Å²) in [5.74, 6) is 0.834. The molecule has 3 nitrogen and oxygen atoms in total. The second-order valence-electron chi connectivity index (χ2n) is 5.33. The van der Waals surface area contributed by atoms with Crippen LogP contribution in [-0.2, 0) is 4.74 Å². The number of rotatable bonds is 7. The molecule has 1 aliphatic heterocycles. The monoisotopic (exact) mass is 242 g/mol. The Hall–Kier alpha value is -0.120. The zero-order chi connectivity index (χ0) is 12.5. The van der Waals surface area contributed by atoms with Crippen LogP contribution >= 0.6 is 0 Å². The topological polar surface area (TPSA) is 38.5 Å². The van der Waals surface area contributed by atoms with Crippen LogP contribution in [0.4, 0.5) is 0 Å². The molecule has 1 heterocycles. The van der Waals surface area contributed by atoms with Crippen molar-refractivity contribution in [1.29, 1.82) is 0 Å². The molecule has 0 amide bonds. The van der Waals surface area contributed by atoms with Crippen molar-refractivity contribution in [2.75, 3.05) is 32.8 Å². The van der Waals surface area contributed by atoms with Crippen LogP contribution in [0.1, 0.15) is 46.0 Å². The van der Waals surface area contributed by atoms with Crippen molar-refractivity contribution in [3.63, 3.8) is 0 Å². The van der Waals surface area contributed by atoms with Gasteiger partial charge in [-0.25, -0.2) is 0 Å². The summed E-state index contributed by atoms with van der Waals surface area (Å²) >= 11 is 0. The van der Waals surface area contributed by atoms with E-state index in [1.54, 1.807) is 0 Å². The molecule has 102 valence electrons. The number of nitrogens with zero attached hydrogens (tertiary/aromatic N) is 1. The van der Waals surface area contributed by atoms with Crippen LogP contribution in [-0.4, -0.2) is 43.8 Å². The van der Waals surface area contributed by atoms with Crippen LogP contribution in [0.3, 0.4) is 0 Å². The van der Waals surface area contributed by atoms with Crippen molar-refractivity contribution in [1.82, 2.24) is 4.90 Å². The Balaban J connectivity index is 2.15. The maximum atomic E-state index is 5.66. The molecule has 17 heavy (non-hydrogen) atoms. The van der Waals surface area contributed by atoms with E-state index in [2.05, 4.69) is 18.7 Å². The van der Waals surface area contributed by atoms with Crippen LogP contribution in [0.5, 0.6) is 0 Å². The van der Waals surface area contributed by atoms with Gasteiger partial charge in [-0.3, -0.25) is 0 Å². The quantitative estimate of drug-likeness (QED) is 0.744. The van der Waals surface area contributed by atoms with Gasteiger partial charge in [0.1, 0.15) is 0 Å². The predicted molar refractivity (Wildman–Crippen MR) is 73.2 cm³/mol. The normalized spacial score (nSPS) is 24.5. The van der Waals surface area contributed by atoms with Crippen LogP contribution in [0.25, 0.3) is 0 Å². The highest BCUT2D eigenvalue weighted by atomic mass is 16.5. The van der Waals surface area contributed by atoms with Gasteiger partial charge >= 0.3 is 0 Å². The molecule has 1 rings (SSSR count). The van der Waals surface area contributed by atoms with Gasteiger partial charge in [0.15, 0.2) is 0 Å². The lowest BCUT2D eigenvalue weighted by atomic mass is 9.96. The molecule has 0 radical (unpaired) electrons. The summed E-state index contributed by atoms with van der Waals surface area (Å²) in [5, 5.41) is 0. The number of ether oxygens (including phenoxy) is 1. The fraction of sp³-hybridized carbons (Fsp3) is 1.00. The van der Waals surface area contributed by atoms with Crippen molar-refractivity contribution in [3.8, 4) is 0 Å². The molecule has 2 atom stereocenters. The Bertz CT molecular complexity index is 187. The first-order valence-electron chi connectivity index (χ1n) is 7.30. The number of nitrogens with two attached hydrogens (primary N) is 1. The van der Waals surface area contributed by atoms with E-state index in [0.29, 0.717) is 6.10 Å². The molecule has 0 bridgehead atoms. The van der Waals surface area contributed by atoms with E-state index in [1.807, 2.05) is 0 Å². The van der Waals surface area contributed by atoms with Crippen molar-refractivity contribution < 1.29 is 4.74 Å². The molecule has 0 saturated carbocycles. The van der Waals surface area contributed by atoms with E-state index in [1.165, 1.54) is 45.2 Å². The lowest BCUT2D eigenvalue weighted by Crippen LogP contribution is -2.31. The Morgan fingerprint density at radius 3 is 2.94 bits per heavy atom. The second kappa shape index (κ2) is 8.90. The molecule has 0 aromatic carbocycles. The molecule has 0 aromatic rings. The maximum Gasteiger partial charge on any atom is 0.0673 e. The number of hydrogen-bond donors (Lipinski definition) is 1. The van der Waals surface area contributed by atoms with Gasteiger partial charge in [-0.15, -0.1) is 0 Å². The highest BCUT2D eigenvalue weighted by Crippen LogP contribution is 2.15. The molecule has 2 N–H and O–H groups in total. The molecule has 1 saturated heterocycles. The summed E-state index contributed by atoms with van der Waals surface area (Å²) in [7, 11) is 0. The minimum Gasteiger partial charge on any atom is -0.377 e. The zero-order valence-electron chi connectivity index (χ0n) is 11.7. The molecule has 3 heteroatoms. The Morgan fingerprint density at radius 2 is 2.24 bits per heavy atom. The van der Waals surface area contributed by atoms with Crippen molar-refractivity contribution in [3.05, 3.63) is 0 Å². The molecule has 2 unspecified atom stereocenters. The van der Waals surface area contributed by atoms with Gasteiger partial charge < -0.3 is 15.4 Å². The largest absolute Gasteiger partial charge is 0.377 e. The van der Waals surface area contributed by atoms with Crippen molar-refractivity contribution in [2.45, 2.75) is 52.1 Å². The summed E-state index contributed by atoms with van der Waals surface area (Å²) in [6.07, 6.45) is 6.70. The molecule has 1 aliphatic rings. The molecular weight excluding hydrogens is 212 g/mol. The molecule has 1 fully saturated rings. The van der Waals surface area contributed by atoms with Crippen LogP contribution in [0, 0.1) is 5.92 Å². The first kappa shape index (κ1) is 14.9. The van der Waals surface area contributed by atoms with Gasteiger partial charge in [0, 0.05) is 19.7 Å². The minimum absolute atomic E-state index is 0.406. The molecular formula is C14H30N2O. The van der Waals surface area contributed by atoms with Gasteiger partial charge in [-0.05, 0) is 51.6 Å². The lowest BCUT2D eigenvalue weighted by molar-refractivity contribution is 0.0674. The van der Waals surface area contributed by atoms with Crippen LogP contribution < -0.4 is 5.73 Å².